The molecule has 0 saturated carbocycles. The molecule has 0 amide bonds. The smallest absolute Gasteiger partial charge is 0.0613 e. The Kier molecular flexibility index (Phi) is 5.42. The van der Waals surface area contributed by atoms with Gasteiger partial charge in [-0.15, -0.1) is 0 Å². The third-order valence-electron chi connectivity index (χ3n) is 4.39. The predicted octanol–water partition coefficient (Wildman–Crippen LogP) is 6.22. The first kappa shape index (κ1) is 16.9. The molecule has 0 atom stereocenters. The van der Waals surface area contributed by atoms with E-state index in [4.69, 9.17) is 0 Å². The lowest BCUT2D eigenvalue weighted by Crippen LogP contribution is -2.05. The molecule has 0 aliphatic heterocycles. The van der Waals surface area contributed by atoms with Gasteiger partial charge in [0.2, 0.25) is 0 Å². The Morgan fingerprint density at radius 3 is 1.21 bits per heavy atom. The van der Waals surface area contributed by atoms with Gasteiger partial charge in [0.25, 0.3) is 0 Å². The molecule has 0 N–H and O–H groups in total. The normalized spacial score (nSPS) is 11.0. The first-order valence-electron chi connectivity index (χ1n) is 8.70. The highest BCUT2D eigenvalue weighted by molar-refractivity contribution is 7.97. The van der Waals surface area contributed by atoms with Crippen LogP contribution < -0.4 is 0 Å². The van der Waals surface area contributed by atoms with Crippen molar-refractivity contribution in [3.8, 4) is 0 Å². The summed E-state index contributed by atoms with van der Waals surface area (Å²) in [4.78, 5) is 4.16. The summed E-state index contributed by atoms with van der Waals surface area (Å²) in [6.07, 6.45) is 2.17. The van der Waals surface area contributed by atoms with E-state index in [1.807, 2.05) is 0 Å². The molecule has 3 aromatic rings. The van der Waals surface area contributed by atoms with Crippen LogP contribution in [0.5, 0.6) is 0 Å². The van der Waals surface area contributed by atoms with Gasteiger partial charge in [-0.05, 0) is 67.3 Å². The Hall–Kier alpha value is -1.99. The van der Waals surface area contributed by atoms with Gasteiger partial charge in [-0.3, -0.25) is 0 Å². The van der Waals surface area contributed by atoms with Crippen molar-refractivity contribution >= 4 is 10.9 Å². The largest absolute Gasteiger partial charge is 0.166 e. The lowest BCUT2D eigenvalue weighted by Gasteiger charge is -2.09. The molecule has 0 bridgehead atoms. The Morgan fingerprint density at radius 2 is 0.875 bits per heavy atom. The van der Waals surface area contributed by atoms with E-state index in [0.29, 0.717) is 0 Å². The summed E-state index contributed by atoms with van der Waals surface area (Å²) in [5.74, 6) is 0. The van der Waals surface area contributed by atoms with Gasteiger partial charge in [-0.25, -0.2) is 0 Å². The fraction of sp³-hybridized carbons (Fsp3) is 0.217. The minimum Gasteiger partial charge on any atom is -0.0613 e. The minimum atomic E-state index is -0.0434. The first-order chi connectivity index (χ1) is 11.7. The van der Waals surface area contributed by atoms with Crippen LogP contribution in [-0.4, -0.2) is 0 Å². The molecule has 1 heteroatoms. The van der Waals surface area contributed by atoms with Crippen molar-refractivity contribution in [2.24, 2.45) is 0 Å². The van der Waals surface area contributed by atoms with Crippen LogP contribution in [0, 0.1) is 6.92 Å². The zero-order chi connectivity index (χ0) is 16.9. The van der Waals surface area contributed by atoms with Crippen LogP contribution in [0.25, 0.3) is 0 Å². The molecule has 0 unspecified atom stereocenters. The third-order valence-corrected chi connectivity index (χ3v) is 6.62. The van der Waals surface area contributed by atoms with E-state index in [2.05, 4.69) is 93.6 Å². The van der Waals surface area contributed by atoms with E-state index >= 15 is 0 Å². The van der Waals surface area contributed by atoms with Crippen LogP contribution in [0.2, 0.25) is 0 Å². The van der Waals surface area contributed by atoms with Crippen molar-refractivity contribution in [1.29, 1.82) is 0 Å². The maximum Gasteiger partial charge on any atom is 0.166 e. The molecule has 0 aromatic heterocycles. The van der Waals surface area contributed by atoms with Gasteiger partial charge in [0.05, 0.1) is 10.9 Å². The topological polar surface area (TPSA) is 0 Å². The van der Waals surface area contributed by atoms with E-state index < -0.39 is 0 Å². The molecular weight excluding hydrogens is 308 g/mol. The van der Waals surface area contributed by atoms with Crippen molar-refractivity contribution in [2.75, 3.05) is 0 Å². The number of benzene rings is 3. The van der Waals surface area contributed by atoms with E-state index in [-0.39, 0.29) is 10.9 Å². The second-order valence-corrected chi connectivity index (χ2v) is 8.14. The standard InChI is InChI=1S/C23H25S/c1-4-19-8-14-22(15-9-19)24(21-12-6-18(3)7-13-21)23-16-10-20(5-2)11-17-23/h6-17H,4-5H2,1-3H3/q+1. The summed E-state index contributed by atoms with van der Waals surface area (Å²) in [6, 6.07) is 27.3. The van der Waals surface area contributed by atoms with Crippen LogP contribution in [0.3, 0.4) is 0 Å². The van der Waals surface area contributed by atoms with Gasteiger partial charge < -0.3 is 0 Å². The highest BCUT2D eigenvalue weighted by atomic mass is 32.2. The number of hydrogen-bond acceptors (Lipinski definition) is 0. The molecule has 0 spiro atoms. The van der Waals surface area contributed by atoms with Crippen molar-refractivity contribution in [3.05, 3.63) is 89.5 Å². The number of hydrogen-bond donors (Lipinski definition) is 0. The zero-order valence-corrected chi connectivity index (χ0v) is 15.6. The zero-order valence-electron chi connectivity index (χ0n) is 14.8. The highest BCUT2D eigenvalue weighted by Crippen LogP contribution is 2.31. The fourth-order valence-electron chi connectivity index (χ4n) is 2.81. The van der Waals surface area contributed by atoms with Crippen LogP contribution in [0.15, 0.2) is 87.5 Å². The molecule has 0 fully saturated rings. The summed E-state index contributed by atoms with van der Waals surface area (Å²) in [5, 5.41) is 0. The first-order valence-corrected chi connectivity index (χ1v) is 9.92. The van der Waals surface area contributed by atoms with E-state index in [1.165, 1.54) is 31.4 Å². The quantitative estimate of drug-likeness (QED) is 0.487. The highest BCUT2D eigenvalue weighted by Gasteiger charge is 2.28. The van der Waals surface area contributed by atoms with Gasteiger partial charge in [-0.2, -0.15) is 0 Å². The molecule has 24 heavy (non-hydrogen) atoms. The molecule has 0 aliphatic carbocycles. The van der Waals surface area contributed by atoms with Crippen molar-refractivity contribution in [3.63, 3.8) is 0 Å². The molecule has 0 saturated heterocycles. The van der Waals surface area contributed by atoms with Gasteiger partial charge >= 0.3 is 0 Å². The van der Waals surface area contributed by atoms with Gasteiger partial charge in [0.15, 0.2) is 14.7 Å². The van der Waals surface area contributed by atoms with Crippen LogP contribution in [-0.2, 0) is 23.7 Å². The molecule has 122 valence electrons. The predicted molar refractivity (Wildman–Crippen MR) is 105 cm³/mol. The van der Waals surface area contributed by atoms with Crippen molar-refractivity contribution in [1.82, 2.24) is 0 Å². The summed E-state index contributed by atoms with van der Waals surface area (Å²) >= 11 is 0. The maximum absolute atomic E-state index is 2.30. The van der Waals surface area contributed by atoms with E-state index in [9.17, 15) is 0 Å². The third kappa shape index (κ3) is 3.73. The number of rotatable bonds is 5. The second-order valence-electron chi connectivity index (χ2n) is 6.11. The Labute approximate surface area is 148 Å². The molecule has 0 heterocycles. The van der Waals surface area contributed by atoms with E-state index in [0.717, 1.165) is 12.8 Å². The van der Waals surface area contributed by atoms with Crippen LogP contribution >= 0.6 is 0 Å². The molecule has 0 radical (unpaired) electrons. The van der Waals surface area contributed by atoms with E-state index in [1.54, 1.807) is 0 Å². The maximum atomic E-state index is 2.30. The van der Waals surface area contributed by atoms with Gasteiger partial charge in [0.1, 0.15) is 0 Å². The van der Waals surface area contributed by atoms with Gasteiger partial charge in [0, 0.05) is 0 Å². The SMILES string of the molecule is CCc1ccc([S+](c2ccc(C)cc2)c2ccc(CC)cc2)cc1. The minimum absolute atomic E-state index is 0.0434. The summed E-state index contributed by atoms with van der Waals surface area (Å²) in [6.45, 7) is 6.56. The fourth-order valence-corrected chi connectivity index (χ4v) is 4.85. The molecule has 0 aliphatic rings. The molecule has 3 aromatic carbocycles. The summed E-state index contributed by atoms with van der Waals surface area (Å²) in [7, 11) is -0.0434. The average molecular weight is 334 g/mol. The van der Waals surface area contributed by atoms with Crippen LogP contribution in [0.4, 0.5) is 0 Å². The number of aryl methyl sites for hydroxylation is 3. The molecule has 0 nitrogen and oxygen atoms in total. The Balaban J connectivity index is 2.06. The monoisotopic (exact) mass is 333 g/mol. The van der Waals surface area contributed by atoms with Crippen LogP contribution in [0.1, 0.15) is 30.5 Å². The molecular formula is C23H25S+. The lowest BCUT2D eigenvalue weighted by molar-refractivity contribution is 1.12. The lowest BCUT2D eigenvalue weighted by atomic mass is 10.2. The summed E-state index contributed by atoms with van der Waals surface area (Å²) in [5.41, 5.74) is 4.10. The summed E-state index contributed by atoms with van der Waals surface area (Å²) < 4.78 is 0. The van der Waals surface area contributed by atoms with Crippen molar-refractivity contribution in [2.45, 2.75) is 48.3 Å². The Bertz CT molecular complexity index is 720. The Morgan fingerprint density at radius 1 is 0.542 bits per heavy atom. The van der Waals surface area contributed by atoms with Gasteiger partial charge in [-0.1, -0.05) is 55.8 Å². The van der Waals surface area contributed by atoms with Crippen molar-refractivity contribution < 1.29 is 0 Å². The second kappa shape index (κ2) is 7.72. The molecule has 3 rings (SSSR count). The average Bonchev–Trinajstić information content (AvgIpc) is 2.64.